The second kappa shape index (κ2) is 4.71. The Kier molecular flexibility index (Phi) is 3.24. The molecule has 6 nitrogen and oxygen atoms in total. The molecule has 0 saturated carbocycles. The van der Waals surface area contributed by atoms with Crippen molar-refractivity contribution in [2.45, 2.75) is 6.44 Å². The zero-order valence-electron chi connectivity index (χ0n) is 9.41. The number of benzene rings is 1. The van der Waals surface area contributed by atoms with E-state index in [9.17, 15) is 23.1 Å². The molecule has 1 heterocycles. The maximum absolute atomic E-state index is 12.2. The van der Waals surface area contributed by atoms with Crippen molar-refractivity contribution in [3.8, 4) is 11.4 Å². The van der Waals surface area contributed by atoms with Gasteiger partial charge in [-0.3, -0.25) is 14.8 Å². The average molecular weight is 271 g/mol. The third-order valence-corrected chi connectivity index (χ3v) is 2.27. The molecule has 2 rings (SSSR count). The molecule has 100 valence electrons. The Morgan fingerprint density at radius 1 is 1.26 bits per heavy atom. The Balaban J connectivity index is 2.20. The van der Waals surface area contributed by atoms with Crippen molar-refractivity contribution >= 4 is 12.7 Å². The van der Waals surface area contributed by atoms with E-state index < -0.39 is 18.3 Å². The molecular weight excluding hydrogens is 264 g/mol. The number of nitro benzene ring substituents is 1. The highest BCUT2D eigenvalue weighted by Crippen LogP contribution is 2.19. The Bertz CT molecular complexity index is 596. The van der Waals surface area contributed by atoms with Crippen LogP contribution in [0.4, 0.5) is 18.6 Å². The molecule has 2 aromatic rings. The number of hydrogen-bond donors (Lipinski definition) is 0. The van der Waals surface area contributed by atoms with Gasteiger partial charge in [0.05, 0.1) is 4.92 Å². The van der Waals surface area contributed by atoms with Gasteiger partial charge in [0, 0.05) is 24.1 Å². The summed E-state index contributed by atoms with van der Waals surface area (Å²) in [4.78, 5) is 13.6. The maximum Gasteiger partial charge on any atom is 0.499 e. The van der Waals surface area contributed by atoms with E-state index in [2.05, 4.69) is 10.1 Å². The van der Waals surface area contributed by atoms with Crippen LogP contribution in [0.1, 0.15) is 0 Å². The van der Waals surface area contributed by atoms with E-state index in [-0.39, 0.29) is 11.5 Å². The van der Waals surface area contributed by atoms with Crippen LogP contribution in [0.3, 0.4) is 0 Å². The zero-order valence-corrected chi connectivity index (χ0v) is 9.41. The zero-order chi connectivity index (χ0) is 14.0. The lowest BCUT2D eigenvalue weighted by molar-refractivity contribution is -0.384. The fourth-order valence-corrected chi connectivity index (χ4v) is 1.46. The van der Waals surface area contributed by atoms with Crippen molar-refractivity contribution in [1.82, 2.24) is 14.8 Å². The summed E-state index contributed by atoms with van der Waals surface area (Å²) >= 11 is 0. The van der Waals surface area contributed by atoms with E-state index in [1.807, 2.05) is 0 Å². The molecule has 0 bridgehead atoms. The van der Waals surface area contributed by atoms with Gasteiger partial charge in [0.25, 0.3) is 5.69 Å². The van der Waals surface area contributed by atoms with E-state index in [1.54, 1.807) is 0 Å². The largest absolute Gasteiger partial charge is 0.499 e. The van der Waals surface area contributed by atoms with Crippen LogP contribution in [0.25, 0.3) is 11.4 Å². The van der Waals surface area contributed by atoms with Crippen LogP contribution in [-0.2, 0) is 6.44 Å². The van der Waals surface area contributed by atoms with Gasteiger partial charge in [-0.15, -0.1) is 0 Å². The first-order chi connectivity index (χ1) is 8.85. The Hall–Kier alpha value is -2.39. The van der Waals surface area contributed by atoms with Crippen molar-refractivity contribution in [3.63, 3.8) is 0 Å². The highest BCUT2D eigenvalue weighted by atomic mass is 19.4. The molecule has 0 saturated heterocycles. The van der Waals surface area contributed by atoms with Crippen LogP contribution in [0.15, 0.2) is 30.6 Å². The van der Waals surface area contributed by atoms with Gasteiger partial charge in [0.2, 0.25) is 0 Å². The number of hydrogen-bond acceptors (Lipinski definition) is 4. The molecule has 0 unspecified atom stereocenters. The number of rotatable bonds is 4. The number of nitrogens with zero attached hydrogens (tertiary/aromatic N) is 4. The summed E-state index contributed by atoms with van der Waals surface area (Å²) in [5.41, 5.74) is 0.306. The SMILES string of the molecule is O=[N+]([O-])c1ccc(-c2ncn(C[B-](F)(F)F)n2)cc1. The molecule has 1 aromatic carbocycles. The van der Waals surface area contributed by atoms with Crippen molar-refractivity contribution in [2.24, 2.45) is 0 Å². The predicted octanol–water partition coefficient (Wildman–Crippen LogP) is 2.24. The molecule has 10 heteroatoms. The molecule has 0 fully saturated rings. The quantitative estimate of drug-likeness (QED) is 0.485. The third kappa shape index (κ3) is 3.30. The first-order valence-corrected chi connectivity index (χ1v) is 5.20. The second-order valence-corrected chi connectivity index (χ2v) is 3.80. The van der Waals surface area contributed by atoms with Gasteiger partial charge in [-0.1, -0.05) is 0 Å². The average Bonchev–Trinajstić information content (AvgIpc) is 2.75. The summed E-state index contributed by atoms with van der Waals surface area (Å²) in [5.74, 6) is 0.0925. The normalized spacial score (nSPS) is 11.5. The fourth-order valence-electron chi connectivity index (χ4n) is 1.46. The summed E-state index contributed by atoms with van der Waals surface area (Å²) < 4.78 is 37.3. The summed E-state index contributed by atoms with van der Waals surface area (Å²) in [7, 11) is 0. The number of halogens is 3. The van der Waals surface area contributed by atoms with Gasteiger partial charge in [0.15, 0.2) is 5.82 Å². The lowest BCUT2D eigenvalue weighted by Gasteiger charge is -2.12. The van der Waals surface area contributed by atoms with Crippen molar-refractivity contribution < 1.29 is 17.9 Å². The Morgan fingerprint density at radius 2 is 1.89 bits per heavy atom. The molecule has 0 aliphatic heterocycles. The molecule has 1 aromatic heterocycles. The lowest BCUT2D eigenvalue weighted by atomic mass is 9.93. The second-order valence-electron chi connectivity index (χ2n) is 3.80. The van der Waals surface area contributed by atoms with Gasteiger partial charge >= 0.3 is 6.98 Å². The van der Waals surface area contributed by atoms with Crippen molar-refractivity contribution in [2.75, 3.05) is 0 Å². The van der Waals surface area contributed by atoms with E-state index in [1.165, 1.54) is 24.3 Å². The predicted molar refractivity (Wildman–Crippen MR) is 61.2 cm³/mol. The Labute approximate surface area is 105 Å². The standard InChI is InChI=1S/C9H7BF3N4O2/c11-10(12,13)5-16-6-14-9(15-16)7-1-3-8(4-2-7)17(18)19/h1-4,6H,5H2/q-1. The molecule has 0 N–H and O–H groups in total. The maximum atomic E-state index is 12.2. The summed E-state index contributed by atoms with van der Waals surface area (Å²) in [6.45, 7) is -4.99. The van der Waals surface area contributed by atoms with Crippen molar-refractivity contribution in [1.29, 1.82) is 0 Å². The van der Waals surface area contributed by atoms with Gasteiger partial charge in [-0.05, 0) is 12.1 Å². The van der Waals surface area contributed by atoms with E-state index >= 15 is 0 Å². The van der Waals surface area contributed by atoms with Gasteiger partial charge in [-0.2, -0.15) is 5.10 Å². The molecule has 19 heavy (non-hydrogen) atoms. The number of nitro groups is 1. The van der Waals surface area contributed by atoms with Crippen LogP contribution < -0.4 is 0 Å². The molecule has 0 spiro atoms. The molecule has 0 aliphatic rings. The third-order valence-electron chi connectivity index (χ3n) is 2.27. The number of non-ortho nitro benzene ring substituents is 1. The molecular formula is C9H7BF3N4O2-. The van der Waals surface area contributed by atoms with Gasteiger partial charge in [0.1, 0.15) is 6.33 Å². The highest BCUT2D eigenvalue weighted by Gasteiger charge is 2.24. The molecule has 0 aliphatic carbocycles. The first kappa shape index (κ1) is 13.1. The topological polar surface area (TPSA) is 73.8 Å². The molecule has 0 radical (unpaired) electrons. The van der Waals surface area contributed by atoms with Gasteiger partial charge < -0.3 is 12.9 Å². The monoisotopic (exact) mass is 271 g/mol. The molecule has 0 atom stereocenters. The minimum absolute atomic E-state index is 0.0925. The van der Waals surface area contributed by atoms with E-state index in [4.69, 9.17) is 0 Å². The van der Waals surface area contributed by atoms with E-state index in [0.717, 1.165) is 6.33 Å². The van der Waals surface area contributed by atoms with Crippen LogP contribution in [0.5, 0.6) is 0 Å². The van der Waals surface area contributed by atoms with Crippen LogP contribution >= 0.6 is 0 Å². The Morgan fingerprint density at radius 3 is 2.42 bits per heavy atom. The van der Waals surface area contributed by atoms with Gasteiger partial charge in [-0.25, -0.2) is 4.98 Å². The summed E-state index contributed by atoms with van der Waals surface area (Å²) in [6.07, 6.45) is -0.189. The minimum atomic E-state index is -4.99. The fraction of sp³-hybridized carbons (Fsp3) is 0.111. The number of aromatic nitrogens is 3. The van der Waals surface area contributed by atoms with E-state index in [0.29, 0.717) is 10.2 Å². The van der Waals surface area contributed by atoms with Crippen LogP contribution in [0, 0.1) is 10.1 Å². The molecule has 0 amide bonds. The van der Waals surface area contributed by atoms with Crippen LogP contribution in [-0.4, -0.2) is 26.7 Å². The van der Waals surface area contributed by atoms with Crippen LogP contribution in [0.2, 0.25) is 0 Å². The van der Waals surface area contributed by atoms with Crippen molar-refractivity contribution in [3.05, 3.63) is 40.7 Å². The summed E-state index contributed by atoms with van der Waals surface area (Å²) in [5, 5.41) is 14.1. The smallest absolute Gasteiger partial charge is 0.448 e. The highest BCUT2D eigenvalue weighted by molar-refractivity contribution is 6.57. The summed E-state index contributed by atoms with van der Waals surface area (Å²) in [6, 6.07) is 5.25. The lowest BCUT2D eigenvalue weighted by Crippen LogP contribution is -2.24. The first-order valence-electron chi connectivity index (χ1n) is 5.20. The minimum Gasteiger partial charge on any atom is -0.448 e.